The van der Waals surface area contributed by atoms with Crippen LogP contribution in [0.5, 0.6) is 0 Å². The number of carbonyl (C=O) groups is 2. The van der Waals surface area contributed by atoms with E-state index in [0.29, 0.717) is 0 Å². The Bertz CT molecular complexity index is 381. The van der Waals surface area contributed by atoms with Gasteiger partial charge in [0.25, 0.3) is 0 Å². The van der Waals surface area contributed by atoms with Gasteiger partial charge in [0.05, 0.1) is 0 Å². The van der Waals surface area contributed by atoms with E-state index in [1.807, 2.05) is 13.8 Å². The number of allylic oxidation sites excluding steroid dienone is 2. The lowest BCUT2D eigenvalue weighted by Gasteiger charge is -2.48. The molecule has 0 heterocycles. The predicted octanol–water partition coefficient (Wildman–Crippen LogP) is 3.38. The molecule has 0 aromatic carbocycles. The van der Waals surface area contributed by atoms with Crippen LogP contribution in [-0.2, 0) is 14.3 Å². The Morgan fingerprint density at radius 1 is 1.26 bits per heavy atom. The van der Waals surface area contributed by atoms with Gasteiger partial charge < -0.3 is 4.74 Å². The van der Waals surface area contributed by atoms with Gasteiger partial charge in [0.15, 0.2) is 5.78 Å². The largest absolute Gasteiger partial charge is 0.462 e. The summed E-state index contributed by atoms with van der Waals surface area (Å²) in [7, 11) is 0. The molecule has 0 spiro atoms. The molecule has 3 heteroatoms. The maximum atomic E-state index is 12.3. The summed E-state index contributed by atoms with van der Waals surface area (Å²) in [5.41, 5.74) is -0.0634. The van der Waals surface area contributed by atoms with Gasteiger partial charge in [-0.25, -0.2) is 0 Å². The van der Waals surface area contributed by atoms with Gasteiger partial charge in [-0.05, 0) is 30.8 Å². The molecular weight excluding hydrogens is 240 g/mol. The molecule has 3 nitrogen and oxygen atoms in total. The van der Waals surface area contributed by atoms with Gasteiger partial charge >= 0.3 is 5.97 Å². The van der Waals surface area contributed by atoms with E-state index in [1.54, 1.807) is 12.2 Å². The molecule has 0 aromatic rings. The van der Waals surface area contributed by atoms with Crippen molar-refractivity contribution in [3.8, 4) is 0 Å². The number of ketones is 1. The molecule has 0 aliphatic heterocycles. The zero-order valence-corrected chi connectivity index (χ0v) is 12.9. The molecular formula is C16H26O3. The van der Waals surface area contributed by atoms with Crippen molar-refractivity contribution in [2.24, 2.45) is 23.2 Å². The number of esters is 1. The standard InChI is InChI=1S/C16H26O3/c1-7-8-13(18)14-11(3)15(19-12(4)17)10(2)9-16(14,5)6/h7-8,10-11,14-15H,9H2,1-6H3/b8-7+. The topological polar surface area (TPSA) is 43.4 Å². The molecule has 0 amide bonds. The van der Waals surface area contributed by atoms with E-state index in [9.17, 15) is 9.59 Å². The molecule has 0 N–H and O–H groups in total. The highest BCUT2D eigenvalue weighted by Gasteiger charge is 2.49. The van der Waals surface area contributed by atoms with E-state index in [4.69, 9.17) is 4.74 Å². The summed E-state index contributed by atoms with van der Waals surface area (Å²) in [6, 6.07) is 0. The first kappa shape index (κ1) is 15.9. The highest BCUT2D eigenvalue weighted by Crippen LogP contribution is 2.48. The maximum absolute atomic E-state index is 12.3. The van der Waals surface area contributed by atoms with Crippen LogP contribution >= 0.6 is 0 Å². The molecule has 0 aromatic heterocycles. The monoisotopic (exact) mass is 266 g/mol. The van der Waals surface area contributed by atoms with E-state index in [1.165, 1.54) is 6.92 Å². The average Bonchev–Trinajstić information content (AvgIpc) is 2.22. The third-order valence-electron chi connectivity index (χ3n) is 4.23. The fourth-order valence-corrected chi connectivity index (χ4v) is 3.82. The molecule has 0 radical (unpaired) electrons. The lowest BCUT2D eigenvalue weighted by atomic mass is 9.58. The molecule has 4 atom stereocenters. The van der Waals surface area contributed by atoms with Gasteiger partial charge in [-0.2, -0.15) is 0 Å². The molecule has 1 aliphatic rings. The Kier molecular flexibility index (Phi) is 4.94. The highest BCUT2D eigenvalue weighted by atomic mass is 16.5. The summed E-state index contributed by atoms with van der Waals surface area (Å²) in [6.45, 7) is 11.7. The number of hydrogen-bond acceptors (Lipinski definition) is 3. The van der Waals surface area contributed by atoms with Crippen LogP contribution in [0.25, 0.3) is 0 Å². The van der Waals surface area contributed by atoms with Gasteiger partial charge in [-0.15, -0.1) is 0 Å². The van der Waals surface area contributed by atoms with E-state index in [0.717, 1.165) is 6.42 Å². The van der Waals surface area contributed by atoms with Crippen molar-refractivity contribution in [1.82, 2.24) is 0 Å². The summed E-state index contributed by atoms with van der Waals surface area (Å²) in [5, 5.41) is 0. The van der Waals surface area contributed by atoms with E-state index >= 15 is 0 Å². The maximum Gasteiger partial charge on any atom is 0.302 e. The van der Waals surface area contributed by atoms with Crippen molar-refractivity contribution < 1.29 is 14.3 Å². The average molecular weight is 266 g/mol. The van der Waals surface area contributed by atoms with Crippen LogP contribution in [0.4, 0.5) is 0 Å². The molecule has 1 aliphatic carbocycles. The zero-order valence-electron chi connectivity index (χ0n) is 12.9. The zero-order chi connectivity index (χ0) is 14.8. The molecule has 1 saturated carbocycles. The second-order valence-corrected chi connectivity index (χ2v) is 6.48. The smallest absolute Gasteiger partial charge is 0.302 e. The molecule has 1 rings (SSSR count). The minimum atomic E-state index is -0.263. The van der Waals surface area contributed by atoms with Gasteiger partial charge in [0.1, 0.15) is 6.10 Å². The molecule has 108 valence electrons. The minimum absolute atomic E-state index is 0.0475. The van der Waals surface area contributed by atoms with Gasteiger partial charge in [-0.3, -0.25) is 9.59 Å². The minimum Gasteiger partial charge on any atom is -0.462 e. The van der Waals surface area contributed by atoms with E-state index in [-0.39, 0.29) is 41.0 Å². The first-order chi connectivity index (χ1) is 8.70. The quantitative estimate of drug-likeness (QED) is 0.581. The van der Waals surface area contributed by atoms with Crippen molar-refractivity contribution in [3.63, 3.8) is 0 Å². The Labute approximate surface area is 116 Å². The van der Waals surface area contributed by atoms with Gasteiger partial charge in [-0.1, -0.05) is 33.8 Å². The lowest BCUT2D eigenvalue weighted by Crippen LogP contribution is -2.50. The second-order valence-electron chi connectivity index (χ2n) is 6.48. The van der Waals surface area contributed by atoms with E-state index < -0.39 is 0 Å². The fourth-order valence-electron chi connectivity index (χ4n) is 3.82. The first-order valence-electron chi connectivity index (χ1n) is 7.04. The van der Waals surface area contributed by atoms with Crippen LogP contribution in [0.3, 0.4) is 0 Å². The third kappa shape index (κ3) is 3.46. The number of rotatable bonds is 3. The van der Waals surface area contributed by atoms with Crippen molar-refractivity contribution >= 4 is 11.8 Å². The van der Waals surface area contributed by atoms with Crippen LogP contribution < -0.4 is 0 Å². The van der Waals surface area contributed by atoms with Crippen molar-refractivity contribution in [2.75, 3.05) is 0 Å². The molecule has 19 heavy (non-hydrogen) atoms. The Morgan fingerprint density at radius 3 is 2.32 bits per heavy atom. The van der Waals surface area contributed by atoms with Gasteiger partial charge in [0.2, 0.25) is 0 Å². The van der Waals surface area contributed by atoms with Crippen molar-refractivity contribution in [2.45, 2.75) is 54.1 Å². The summed E-state index contributed by atoms with van der Waals surface area (Å²) >= 11 is 0. The molecule has 4 unspecified atom stereocenters. The predicted molar refractivity (Wildman–Crippen MR) is 75.6 cm³/mol. The summed E-state index contributed by atoms with van der Waals surface area (Å²) in [5.74, 6) is 0.115. The molecule has 0 saturated heterocycles. The third-order valence-corrected chi connectivity index (χ3v) is 4.23. The number of carbonyl (C=O) groups excluding carboxylic acids is 2. The number of hydrogen-bond donors (Lipinski definition) is 0. The van der Waals surface area contributed by atoms with E-state index in [2.05, 4.69) is 20.8 Å². The van der Waals surface area contributed by atoms with Crippen LogP contribution in [-0.4, -0.2) is 17.9 Å². The van der Waals surface area contributed by atoms with Crippen LogP contribution in [0, 0.1) is 23.2 Å². The van der Waals surface area contributed by atoms with Gasteiger partial charge in [0, 0.05) is 18.8 Å². The first-order valence-corrected chi connectivity index (χ1v) is 7.04. The lowest BCUT2D eigenvalue weighted by molar-refractivity contribution is -0.164. The summed E-state index contributed by atoms with van der Waals surface area (Å²) in [4.78, 5) is 23.6. The summed E-state index contributed by atoms with van der Waals surface area (Å²) in [6.07, 6.45) is 4.15. The van der Waals surface area contributed by atoms with Crippen molar-refractivity contribution in [1.29, 1.82) is 0 Å². The fraction of sp³-hybridized carbons (Fsp3) is 0.750. The normalized spacial score (nSPS) is 34.2. The van der Waals surface area contributed by atoms with Crippen LogP contribution in [0.2, 0.25) is 0 Å². The second kappa shape index (κ2) is 5.89. The highest BCUT2D eigenvalue weighted by molar-refractivity contribution is 5.92. The Morgan fingerprint density at radius 2 is 1.84 bits per heavy atom. The van der Waals surface area contributed by atoms with Crippen LogP contribution in [0.1, 0.15) is 48.0 Å². The number of ether oxygens (including phenoxy) is 1. The Balaban J connectivity index is 3.05. The summed E-state index contributed by atoms with van der Waals surface area (Å²) < 4.78 is 5.45. The van der Waals surface area contributed by atoms with Crippen LogP contribution in [0.15, 0.2) is 12.2 Å². The molecule has 1 fully saturated rings. The Hall–Kier alpha value is -1.12. The molecule has 0 bridgehead atoms. The van der Waals surface area contributed by atoms with Crippen molar-refractivity contribution in [3.05, 3.63) is 12.2 Å². The SMILES string of the molecule is C/C=C/C(=O)C1C(C)C(OC(C)=O)C(C)CC1(C)C.